The molecule has 0 spiro atoms. The highest BCUT2D eigenvalue weighted by atomic mass is 35.5. The molecule has 0 atom stereocenters. The van der Waals surface area contributed by atoms with Gasteiger partial charge in [-0.05, 0) is 50.1 Å². The first-order valence-electron chi connectivity index (χ1n) is 8.01. The number of carbonyl (C=O) groups is 2. The van der Waals surface area contributed by atoms with Crippen LogP contribution in [0.15, 0.2) is 36.4 Å². The number of anilines is 1. The predicted octanol–water partition coefficient (Wildman–Crippen LogP) is 4.69. The van der Waals surface area contributed by atoms with Crippen molar-refractivity contribution in [3.8, 4) is 5.75 Å². The minimum Gasteiger partial charge on any atom is -0.493 e. The Labute approximate surface area is 156 Å². The lowest BCUT2D eigenvalue weighted by molar-refractivity contribution is -0.114. The standard InChI is InChI=1S/C19H17Cl2NO3/c1-12-4-5-17-16(8-12)18(23)19(24)22(17)6-2-3-7-25-15-10-13(20)9-14(21)11-15/h4-5,8-11H,2-3,6-7H2,1H3. The van der Waals surface area contributed by atoms with Gasteiger partial charge in [0.2, 0.25) is 0 Å². The third-order valence-electron chi connectivity index (χ3n) is 4.01. The van der Waals surface area contributed by atoms with Crippen LogP contribution in [0, 0.1) is 6.92 Å². The molecule has 2 aromatic carbocycles. The van der Waals surface area contributed by atoms with Gasteiger partial charge < -0.3 is 9.64 Å². The zero-order valence-corrected chi connectivity index (χ0v) is 15.2. The number of nitrogens with zero attached hydrogens (tertiary/aromatic N) is 1. The summed E-state index contributed by atoms with van der Waals surface area (Å²) >= 11 is 11.8. The molecule has 4 nitrogen and oxygen atoms in total. The third-order valence-corrected chi connectivity index (χ3v) is 4.44. The molecule has 1 aliphatic heterocycles. The quantitative estimate of drug-likeness (QED) is 0.541. The van der Waals surface area contributed by atoms with Gasteiger partial charge in [-0.2, -0.15) is 0 Å². The van der Waals surface area contributed by atoms with Gasteiger partial charge in [-0.25, -0.2) is 0 Å². The first-order valence-corrected chi connectivity index (χ1v) is 8.77. The number of benzene rings is 2. The number of ketones is 1. The van der Waals surface area contributed by atoms with Crippen LogP contribution in [-0.2, 0) is 4.79 Å². The van der Waals surface area contributed by atoms with E-state index in [1.165, 1.54) is 0 Å². The Morgan fingerprint density at radius 1 is 1.00 bits per heavy atom. The minimum absolute atomic E-state index is 0.427. The number of Topliss-reactive ketones (excluding diaryl/α,β-unsaturated/α-hetero) is 1. The van der Waals surface area contributed by atoms with Crippen LogP contribution in [0.4, 0.5) is 5.69 Å². The molecule has 0 aromatic heterocycles. The van der Waals surface area contributed by atoms with Crippen molar-refractivity contribution in [1.29, 1.82) is 0 Å². The maximum atomic E-state index is 12.1. The SMILES string of the molecule is Cc1ccc2c(c1)C(=O)C(=O)N2CCCCOc1cc(Cl)cc(Cl)c1. The molecule has 130 valence electrons. The van der Waals surface area contributed by atoms with E-state index in [9.17, 15) is 9.59 Å². The highest BCUT2D eigenvalue weighted by Gasteiger charge is 2.35. The van der Waals surface area contributed by atoms with Crippen molar-refractivity contribution < 1.29 is 14.3 Å². The van der Waals surface area contributed by atoms with Gasteiger partial charge in [-0.15, -0.1) is 0 Å². The van der Waals surface area contributed by atoms with Crippen LogP contribution in [-0.4, -0.2) is 24.8 Å². The fourth-order valence-corrected chi connectivity index (χ4v) is 3.32. The number of carbonyl (C=O) groups excluding carboxylic acids is 2. The number of ether oxygens (including phenoxy) is 1. The summed E-state index contributed by atoms with van der Waals surface area (Å²) in [4.78, 5) is 25.8. The number of fused-ring (bicyclic) bond motifs is 1. The van der Waals surface area contributed by atoms with E-state index in [2.05, 4.69) is 0 Å². The number of hydrogen-bond acceptors (Lipinski definition) is 3. The molecule has 2 aromatic rings. The molecule has 0 N–H and O–H groups in total. The number of unbranched alkanes of at least 4 members (excludes halogenated alkanes) is 1. The zero-order valence-electron chi connectivity index (χ0n) is 13.7. The van der Waals surface area contributed by atoms with Gasteiger partial charge in [0, 0.05) is 16.6 Å². The van der Waals surface area contributed by atoms with Gasteiger partial charge in [-0.1, -0.05) is 34.8 Å². The summed E-state index contributed by atoms with van der Waals surface area (Å²) in [6, 6.07) is 10.6. The first kappa shape index (κ1) is 17.8. The lowest BCUT2D eigenvalue weighted by Gasteiger charge is -2.16. The molecule has 25 heavy (non-hydrogen) atoms. The van der Waals surface area contributed by atoms with Gasteiger partial charge >= 0.3 is 0 Å². The van der Waals surface area contributed by atoms with E-state index < -0.39 is 11.7 Å². The Morgan fingerprint density at radius 2 is 1.72 bits per heavy atom. The molecule has 1 heterocycles. The minimum atomic E-state index is -0.455. The van der Waals surface area contributed by atoms with Crippen LogP contribution in [0.3, 0.4) is 0 Å². The first-order chi connectivity index (χ1) is 12.0. The molecule has 1 amide bonds. The van der Waals surface area contributed by atoms with Crippen LogP contribution in [0.5, 0.6) is 5.75 Å². The zero-order chi connectivity index (χ0) is 18.0. The van der Waals surface area contributed by atoms with Crippen molar-refractivity contribution in [3.05, 3.63) is 57.6 Å². The summed E-state index contributed by atoms with van der Waals surface area (Å²) in [6.45, 7) is 2.87. The molecule has 0 unspecified atom stereocenters. The van der Waals surface area contributed by atoms with Gasteiger partial charge in [0.25, 0.3) is 11.7 Å². The maximum absolute atomic E-state index is 12.1. The van der Waals surface area contributed by atoms with Gasteiger partial charge in [0.15, 0.2) is 0 Å². The molecule has 0 bridgehead atoms. The molecule has 0 saturated carbocycles. The van der Waals surface area contributed by atoms with Gasteiger partial charge in [0.1, 0.15) is 5.75 Å². The van der Waals surface area contributed by atoms with Crippen molar-refractivity contribution >= 4 is 40.6 Å². The number of aryl methyl sites for hydroxylation is 1. The number of rotatable bonds is 6. The Kier molecular flexibility index (Phi) is 5.30. The number of halogens is 2. The summed E-state index contributed by atoms with van der Waals surface area (Å²) in [5, 5.41) is 1.05. The molecule has 0 radical (unpaired) electrons. The average molecular weight is 378 g/mol. The van der Waals surface area contributed by atoms with E-state index in [4.69, 9.17) is 27.9 Å². The highest BCUT2D eigenvalue weighted by Crippen LogP contribution is 2.30. The number of amides is 1. The van der Waals surface area contributed by atoms with Crippen LogP contribution < -0.4 is 9.64 Å². The number of hydrogen-bond donors (Lipinski definition) is 0. The second-order valence-electron chi connectivity index (χ2n) is 5.97. The monoisotopic (exact) mass is 377 g/mol. The topological polar surface area (TPSA) is 46.6 Å². The summed E-state index contributed by atoms with van der Waals surface area (Å²) in [7, 11) is 0. The molecular formula is C19H17Cl2NO3. The molecule has 6 heteroatoms. The van der Waals surface area contributed by atoms with Crippen molar-refractivity contribution in [1.82, 2.24) is 0 Å². The summed E-state index contributed by atoms with van der Waals surface area (Å²) in [5.74, 6) is -0.266. The van der Waals surface area contributed by atoms with Gasteiger partial charge in [-0.3, -0.25) is 9.59 Å². The van der Waals surface area contributed by atoms with Crippen molar-refractivity contribution in [3.63, 3.8) is 0 Å². The Bertz CT molecular complexity index is 815. The fourth-order valence-electron chi connectivity index (χ4n) is 2.81. The molecule has 0 aliphatic carbocycles. The van der Waals surface area contributed by atoms with E-state index in [-0.39, 0.29) is 0 Å². The normalized spacial score (nSPS) is 13.3. The van der Waals surface area contributed by atoms with Crippen molar-refractivity contribution in [2.24, 2.45) is 0 Å². The van der Waals surface area contributed by atoms with Crippen LogP contribution in [0.25, 0.3) is 0 Å². The van der Waals surface area contributed by atoms with Gasteiger partial charge in [0.05, 0.1) is 17.9 Å². The lowest BCUT2D eigenvalue weighted by atomic mass is 10.1. The van der Waals surface area contributed by atoms with E-state index in [0.29, 0.717) is 40.2 Å². The Balaban J connectivity index is 1.53. The van der Waals surface area contributed by atoms with Crippen LogP contribution >= 0.6 is 23.2 Å². The molecular weight excluding hydrogens is 361 g/mol. The van der Waals surface area contributed by atoms with E-state index in [0.717, 1.165) is 18.4 Å². The smallest absolute Gasteiger partial charge is 0.299 e. The third kappa shape index (κ3) is 3.97. The predicted molar refractivity (Wildman–Crippen MR) is 99.1 cm³/mol. The summed E-state index contributed by atoms with van der Waals surface area (Å²) in [6.07, 6.45) is 1.46. The van der Waals surface area contributed by atoms with Crippen molar-refractivity contribution in [2.75, 3.05) is 18.1 Å². The molecule has 0 saturated heterocycles. The molecule has 0 fully saturated rings. The fraction of sp³-hybridized carbons (Fsp3) is 0.263. The Morgan fingerprint density at radius 3 is 2.44 bits per heavy atom. The van der Waals surface area contributed by atoms with E-state index >= 15 is 0 Å². The second kappa shape index (κ2) is 7.46. The average Bonchev–Trinajstić information content (AvgIpc) is 2.78. The van der Waals surface area contributed by atoms with Crippen molar-refractivity contribution in [2.45, 2.75) is 19.8 Å². The molecule has 3 rings (SSSR count). The van der Waals surface area contributed by atoms with Crippen LogP contribution in [0.1, 0.15) is 28.8 Å². The summed E-state index contributed by atoms with van der Waals surface area (Å²) < 4.78 is 5.63. The second-order valence-corrected chi connectivity index (χ2v) is 6.84. The largest absolute Gasteiger partial charge is 0.493 e. The van der Waals surface area contributed by atoms with E-state index in [1.54, 1.807) is 29.2 Å². The van der Waals surface area contributed by atoms with E-state index in [1.807, 2.05) is 19.1 Å². The summed E-state index contributed by atoms with van der Waals surface area (Å²) in [5.41, 5.74) is 2.16. The molecule has 1 aliphatic rings. The maximum Gasteiger partial charge on any atom is 0.299 e. The highest BCUT2D eigenvalue weighted by molar-refractivity contribution is 6.52. The van der Waals surface area contributed by atoms with Crippen LogP contribution in [0.2, 0.25) is 10.0 Å². The Hall–Kier alpha value is -2.04. The lowest BCUT2D eigenvalue weighted by Crippen LogP contribution is -2.30.